The van der Waals surface area contributed by atoms with Crippen LogP contribution in [-0.2, 0) is 9.53 Å². The molecule has 1 amide bonds. The maximum Gasteiger partial charge on any atom is 0.338 e. The Balaban J connectivity index is 1.94. The summed E-state index contributed by atoms with van der Waals surface area (Å²) in [4.78, 5) is 24.8. The van der Waals surface area contributed by atoms with Crippen molar-refractivity contribution < 1.29 is 14.3 Å². The highest BCUT2D eigenvalue weighted by molar-refractivity contribution is 8.00. The van der Waals surface area contributed by atoms with Crippen molar-refractivity contribution in [3.63, 3.8) is 0 Å². The van der Waals surface area contributed by atoms with Crippen LogP contribution in [0.4, 0.5) is 5.69 Å². The van der Waals surface area contributed by atoms with Crippen LogP contribution < -0.4 is 5.32 Å². The Bertz CT molecular complexity index is 686. The summed E-state index contributed by atoms with van der Waals surface area (Å²) in [5, 5.41) is 2.87. The predicted molar refractivity (Wildman–Crippen MR) is 92.9 cm³/mol. The van der Waals surface area contributed by atoms with Crippen LogP contribution in [0.2, 0.25) is 0 Å². The Kier molecular flexibility index (Phi) is 6.23. The molecule has 0 saturated carbocycles. The van der Waals surface area contributed by atoms with Crippen LogP contribution in [0.1, 0.15) is 22.8 Å². The lowest BCUT2D eigenvalue weighted by molar-refractivity contribution is -0.113. The van der Waals surface area contributed by atoms with E-state index in [1.54, 1.807) is 25.1 Å². The van der Waals surface area contributed by atoms with E-state index in [0.717, 1.165) is 10.5 Å². The van der Waals surface area contributed by atoms with E-state index >= 15 is 0 Å². The summed E-state index contributed by atoms with van der Waals surface area (Å²) in [7, 11) is 0. The number of rotatable bonds is 6. The molecule has 1 N–H and O–H groups in total. The zero-order chi connectivity index (χ0) is 16.7. The highest BCUT2D eigenvalue weighted by Crippen LogP contribution is 2.20. The quantitative estimate of drug-likeness (QED) is 0.645. The summed E-state index contributed by atoms with van der Waals surface area (Å²) >= 11 is 1.48. The molecular formula is C18H19NO3S. The van der Waals surface area contributed by atoms with Crippen molar-refractivity contribution in [2.75, 3.05) is 17.7 Å². The highest BCUT2D eigenvalue weighted by Gasteiger charge is 2.10. The summed E-state index contributed by atoms with van der Waals surface area (Å²) in [5.41, 5.74) is 2.02. The van der Waals surface area contributed by atoms with Gasteiger partial charge in [0.05, 0.1) is 17.9 Å². The molecule has 2 rings (SSSR count). The second-order valence-electron chi connectivity index (χ2n) is 4.90. The van der Waals surface area contributed by atoms with E-state index in [4.69, 9.17) is 4.74 Å². The number of carbonyl (C=O) groups is 2. The van der Waals surface area contributed by atoms with Crippen molar-refractivity contribution >= 4 is 29.3 Å². The summed E-state index contributed by atoms with van der Waals surface area (Å²) in [5.74, 6) is -0.0951. The molecule has 0 heterocycles. The van der Waals surface area contributed by atoms with Gasteiger partial charge in [0.25, 0.3) is 0 Å². The molecule has 0 radical (unpaired) electrons. The van der Waals surface area contributed by atoms with Gasteiger partial charge in [-0.25, -0.2) is 4.79 Å². The van der Waals surface area contributed by atoms with Crippen molar-refractivity contribution in [1.82, 2.24) is 0 Å². The minimum Gasteiger partial charge on any atom is -0.462 e. The maximum absolute atomic E-state index is 12.0. The number of esters is 1. The molecule has 0 aliphatic rings. The van der Waals surface area contributed by atoms with E-state index in [0.29, 0.717) is 23.6 Å². The van der Waals surface area contributed by atoms with Crippen LogP contribution in [0, 0.1) is 6.92 Å². The number of ether oxygens (including phenoxy) is 1. The first-order chi connectivity index (χ1) is 11.1. The lowest BCUT2D eigenvalue weighted by Gasteiger charge is -2.10. The van der Waals surface area contributed by atoms with Crippen molar-refractivity contribution in [3.8, 4) is 0 Å². The van der Waals surface area contributed by atoms with Gasteiger partial charge in [-0.3, -0.25) is 4.79 Å². The number of anilines is 1. The van der Waals surface area contributed by atoms with Crippen LogP contribution in [0.25, 0.3) is 0 Å². The van der Waals surface area contributed by atoms with E-state index in [1.165, 1.54) is 11.8 Å². The third kappa shape index (κ3) is 5.14. The molecule has 23 heavy (non-hydrogen) atoms. The first-order valence-corrected chi connectivity index (χ1v) is 8.34. The second kappa shape index (κ2) is 8.39. The predicted octanol–water partition coefficient (Wildman–Crippen LogP) is 3.90. The van der Waals surface area contributed by atoms with Gasteiger partial charge in [-0.05, 0) is 49.7 Å². The largest absolute Gasteiger partial charge is 0.462 e. The van der Waals surface area contributed by atoms with Crippen LogP contribution in [0.3, 0.4) is 0 Å². The maximum atomic E-state index is 12.0. The molecule has 120 valence electrons. The molecular weight excluding hydrogens is 310 g/mol. The van der Waals surface area contributed by atoms with Crippen LogP contribution >= 0.6 is 11.8 Å². The van der Waals surface area contributed by atoms with Gasteiger partial charge in [-0.2, -0.15) is 0 Å². The number of benzene rings is 2. The molecule has 0 aromatic heterocycles. The fraction of sp³-hybridized carbons (Fsp3) is 0.222. The zero-order valence-electron chi connectivity index (χ0n) is 13.2. The van der Waals surface area contributed by atoms with E-state index in [1.807, 2.05) is 37.3 Å². The van der Waals surface area contributed by atoms with Gasteiger partial charge in [0.2, 0.25) is 5.91 Å². The van der Waals surface area contributed by atoms with Crippen molar-refractivity contribution in [2.24, 2.45) is 0 Å². The highest BCUT2D eigenvalue weighted by atomic mass is 32.2. The number of carbonyl (C=O) groups excluding carboxylic acids is 2. The summed E-state index contributed by atoms with van der Waals surface area (Å²) in [6, 6.07) is 14.9. The molecule has 5 heteroatoms. The lowest BCUT2D eigenvalue weighted by atomic mass is 10.1. The Hall–Kier alpha value is -2.27. The van der Waals surface area contributed by atoms with Gasteiger partial charge in [0.15, 0.2) is 0 Å². The average molecular weight is 329 g/mol. The fourth-order valence-corrected chi connectivity index (χ4v) is 2.72. The third-order valence-corrected chi connectivity index (χ3v) is 4.14. The number of thioether (sulfide) groups is 1. The molecule has 0 bridgehead atoms. The molecule has 2 aromatic rings. The molecule has 4 nitrogen and oxygen atoms in total. The van der Waals surface area contributed by atoms with Crippen molar-refractivity contribution in [3.05, 3.63) is 59.7 Å². The Morgan fingerprint density at radius 1 is 1.13 bits per heavy atom. The standard InChI is InChI=1S/C18H19NO3S/c1-3-22-18(21)14-9-10-16(13(2)11-14)19-17(20)12-23-15-7-5-4-6-8-15/h4-11H,3,12H2,1-2H3,(H,19,20). The van der Waals surface area contributed by atoms with Gasteiger partial charge < -0.3 is 10.1 Å². The minimum absolute atomic E-state index is 0.0779. The van der Waals surface area contributed by atoms with Gasteiger partial charge >= 0.3 is 5.97 Å². The van der Waals surface area contributed by atoms with Gasteiger partial charge in [-0.15, -0.1) is 11.8 Å². The monoisotopic (exact) mass is 329 g/mol. The smallest absolute Gasteiger partial charge is 0.338 e. The minimum atomic E-state index is -0.354. The molecule has 0 spiro atoms. The van der Waals surface area contributed by atoms with Crippen LogP contribution in [0.15, 0.2) is 53.4 Å². The van der Waals surface area contributed by atoms with Crippen molar-refractivity contribution in [1.29, 1.82) is 0 Å². The van der Waals surface area contributed by atoms with Crippen molar-refractivity contribution in [2.45, 2.75) is 18.7 Å². The molecule has 0 saturated heterocycles. The molecule has 2 aromatic carbocycles. The van der Waals surface area contributed by atoms with Crippen LogP contribution in [0.5, 0.6) is 0 Å². The number of hydrogen-bond acceptors (Lipinski definition) is 4. The average Bonchev–Trinajstić information content (AvgIpc) is 2.56. The summed E-state index contributed by atoms with van der Waals surface area (Å²) in [6.07, 6.45) is 0. The lowest BCUT2D eigenvalue weighted by Crippen LogP contribution is -2.15. The Labute approximate surface area is 140 Å². The summed E-state index contributed by atoms with van der Waals surface area (Å²) in [6.45, 7) is 3.96. The first kappa shape index (κ1) is 17.1. The SMILES string of the molecule is CCOC(=O)c1ccc(NC(=O)CSc2ccccc2)c(C)c1. The first-order valence-electron chi connectivity index (χ1n) is 7.35. The number of aryl methyl sites for hydroxylation is 1. The van der Waals surface area contributed by atoms with Gasteiger partial charge in [0.1, 0.15) is 0 Å². The van der Waals surface area contributed by atoms with Gasteiger partial charge in [-0.1, -0.05) is 18.2 Å². The molecule has 0 fully saturated rings. The topological polar surface area (TPSA) is 55.4 Å². The molecule has 0 aliphatic heterocycles. The normalized spacial score (nSPS) is 10.2. The number of nitrogens with one attached hydrogen (secondary N) is 1. The third-order valence-electron chi connectivity index (χ3n) is 3.12. The summed E-state index contributed by atoms with van der Waals surface area (Å²) < 4.78 is 4.96. The number of hydrogen-bond donors (Lipinski definition) is 1. The zero-order valence-corrected chi connectivity index (χ0v) is 14.0. The molecule has 0 unspecified atom stereocenters. The fourth-order valence-electron chi connectivity index (χ4n) is 2.00. The second-order valence-corrected chi connectivity index (χ2v) is 5.95. The van der Waals surface area contributed by atoms with Gasteiger partial charge in [0, 0.05) is 10.6 Å². The number of amides is 1. The van der Waals surface area contributed by atoms with E-state index in [9.17, 15) is 9.59 Å². The Morgan fingerprint density at radius 2 is 1.87 bits per heavy atom. The molecule has 0 atom stereocenters. The van der Waals surface area contributed by atoms with Crippen LogP contribution in [-0.4, -0.2) is 24.2 Å². The molecule has 0 aliphatic carbocycles. The van der Waals surface area contributed by atoms with E-state index in [-0.39, 0.29) is 11.9 Å². The Morgan fingerprint density at radius 3 is 2.52 bits per heavy atom. The van der Waals surface area contributed by atoms with E-state index < -0.39 is 0 Å². The van der Waals surface area contributed by atoms with E-state index in [2.05, 4.69) is 5.32 Å².